The summed E-state index contributed by atoms with van der Waals surface area (Å²) in [5.74, 6) is -0.00231. The van der Waals surface area contributed by atoms with Crippen LogP contribution in [0.25, 0.3) is 0 Å². The van der Waals surface area contributed by atoms with Gasteiger partial charge >= 0.3 is 0 Å². The highest BCUT2D eigenvalue weighted by Crippen LogP contribution is 1.85. The fourth-order valence-electron chi connectivity index (χ4n) is 0.468. The zero-order valence-electron chi connectivity index (χ0n) is 5.55. The Kier molecular flexibility index (Phi) is 3.71. The van der Waals surface area contributed by atoms with Gasteiger partial charge in [0.2, 0.25) is 0 Å². The van der Waals surface area contributed by atoms with Crippen LogP contribution in [0.4, 0.5) is 0 Å². The standard InChI is InChI=1S/C6H12N2O/c1-5(8)4-6(9)2-3-7/h4H,2-3,7-8H2,1H3/b5-4-. The predicted molar refractivity (Wildman–Crippen MR) is 36.6 cm³/mol. The second-order valence-electron chi connectivity index (χ2n) is 1.89. The van der Waals surface area contributed by atoms with Crippen LogP contribution in [0.2, 0.25) is 0 Å². The second kappa shape index (κ2) is 4.09. The molecule has 0 amide bonds. The lowest BCUT2D eigenvalue weighted by molar-refractivity contribution is -0.114. The molecule has 4 N–H and O–H groups in total. The van der Waals surface area contributed by atoms with Gasteiger partial charge < -0.3 is 11.5 Å². The van der Waals surface area contributed by atoms with E-state index in [1.807, 2.05) is 0 Å². The molecule has 3 nitrogen and oxygen atoms in total. The van der Waals surface area contributed by atoms with E-state index in [1.165, 1.54) is 6.08 Å². The highest BCUT2D eigenvalue weighted by Gasteiger charge is 1.92. The van der Waals surface area contributed by atoms with Crippen LogP contribution in [0.5, 0.6) is 0 Å². The fraction of sp³-hybridized carbons (Fsp3) is 0.500. The van der Waals surface area contributed by atoms with Crippen LogP contribution in [0.3, 0.4) is 0 Å². The van der Waals surface area contributed by atoms with E-state index in [0.717, 1.165) is 0 Å². The number of hydrogen-bond donors (Lipinski definition) is 2. The first-order valence-electron chi connectivity index (χ1n) is 2.83. The maximum absolute atomic E-state index is 10.6. The van der Waals surface area contributed by atoms with Crippen molar-refractivity contribution in [1.29, 1.82) is 0 Å². The monoisotopic (exact) mass is 128 g/mol. The number of nitrogens with two attached hydrogens (primary N) is 2. The molecule has 0 heterocycles. The van der Waals surface area contributed by atoms with E-state index in [-0.39, 0.29) is 5.78 Å². The Morgan fingerprint density at radius 2 is 2.22 bits per heavy atom. The summed E-state index contributed by atoms with van der Waals surface area (Å²) in [6.07, 6.45) is 1.78. The molecule has 0 aliphatic heterocycles. The van der Waals surface area contributed by atoms with Crippen molar-refractivity contribution in [2.75, 3.05) is 6.54 Å². The zero-order chi connectivity index (χ0) is 7.28. The molecule has 0 aliphatic rings. The van der Waals surface area contributed by atoms with Crippen LogP contribution >= 0.6 is 0 Å². The second-order valence-corrected chi connectivity index (χ2v) is 1.89. The van der Waals surface area contributed by atoms with Crippen molar-refractivity contribution in [2.24, 2.45) is 11.5 Å². The predicted octanol–water partition coefficient (Wildman–Crippen LogP) is -0.233. The van der Waals surface area contributed by atoms with Gasteiger partial charge in [0.05, 0.1) is 0 Å². The summed E-state index contributed by atoms with van der Waals surface area (Å²) in [5.41, 5.74) is 10.9. The average molecular weight is 128 g/mol. The third-order valence-electron chi connectivity index (χ3n) is 0.779. The van der Waals surface area contributed by atoms with Gasteiger partial charge in [-0.1, -0.05) is 0 Å². The van der Waals surface area contributed by atoms with Gasteiger partial charge in [-0.25, -0.2) is 0 Å². The maximum atomic E-state index is 10.6. The molecule has 0 unspecified atom stereocenters. The first-order valence-corrected chi connectivity index (χ1v) is 2.83. The van der Waals surface area contributed by atoms with Crippen LogP contribution in [-0.4, -0.2) is 12.3 Å². The van der Waals surface area contributed by atoms with Crippen molar-refractivity contribution < 1.29 is 4.79 Å². The molecule has 0 saturated carbocycles. The average Bonchev–Trinajstić information content (AvgIpc) is 1.63. The van der Waals surface area contributed by atoms with Crippen LogP contribution in [0.1, 0.15) is 13.3 Å². The van der Waals surface area contributed by atoms with Crippen molar-refractivity contribution in [2.45, 2.75) is 13.3 Å². The lowest BCUT2D eigenvalue weighted by Crippen LogP contribution is -2.06. The Hall–Kier alpha value is -0.830. The number of allylic oxidation sites excluding steroid dienone is 2. The molecular weight excluding hydrogens is 116 g/mol. The van der Waals surface area contributed by atoms with Crippen LogP contribution < -0.4 is 11.5 Å². The summed E-state index contributed by atoms with van der Waals surface area (Å²) in [6.45, 7) is 2.07. The first-order chi connectivity index (χ1) is 4.16. The molecule has 0 fully saturated rings. The van der Waals surface area contributed by atoms with Crippen molar-refractivity contribution in [3.8, 4) is 0 Å². The van der Waals surface area contributed by atoms with Crippen LogP contribution in [-0.2, 0) is 4.79 Å². The summed E-state index contributed by atoms with van der Waals surface area (Å²) in [6, 6.07) is 0. The third-order valence-corrected chi connectivity index (χ3v) is 0.779. The van der Waals surface area contributed by atoms with Crippen molar-refractivity contribution >= 4 is 5.78 Å². The Morgan fingerprint density at radius 1 is 1.67 bits per heavy atom. The molecule has 9 heavy (non-hydrogen) atoms. The summed E-state index contributed by atoms with van der Waals surface area (Å²) < 4.78 is 0. The van der Waals surface area contributed by atoms with Gasteiger partial charge in [0.15, 0.2) is 5.78 Å². The van der Waals surface area contributed by atoms with Crippen LogP contribution in [0, 0.1) is 0 Å². The Balaban J connectivity index is 3.63. The number of carbonyl (C=O) groups excluding carboxylic acids is 1. The molecule has 0 radical (unpaired) electrons. The van der Waals surface area contributed by atoms with E-state index in [2.05, 4.69) is 0 Å². The molecule has 0 aliphatic carbocycles. The highest BCUT2D eigenvalue weighted by atomic mass is 16.1. The smallest absolute Gasteiger partial charge is 0.158 e. The van der Waals surface area contributed by atoms with Gasteiger partial charge in [-0.3, -0.25) is 4.79 Å². The summed E-state index contributed by atoms with van der Waals surface area (Å²) >= 11 is 0. The molecule has 52 valence electrons. The minimum absolute atomic E-state index is 0.00231. The normalized spacial score (nSPS) is 11.6. The largest absolute Gasteiger partial charge is 0.402 e. The molecule has 0 aromatic carbocycles. The fourth-order valence-corrected chi connectivity index (χ4v) is 0.468. The van der Waals surface area contributed by atoms with Crippen LogP contribution in [0.15, 0.2) is 11.8 Å². The number of carbonyl (C=O) groups is 1. The molecule has 0 aromatic rings. The molecule has 0 spiro atoms. The summed E-state index contributed by atoms with van der Waals surface area (Å²) in [5, 5.41) is 0. The lowest BCUT2D eigenvalue weighted by Gasteiger charge is -1.89. The first kappa shape index (κ1) is 8.17. The molecule has 3 heteroatoms. The van der Waals surface area contributed by atoms with E-state index < -0.39 is 0 Å². The zero-order valence-corrected chi connectivity index (χ0v) is 5.55. The van der Waals surface area contributed by atoms with E-state index in [0.29, 0.717) is 18.7 Å². The lowest BCUT2D eigenvalue weighted by atomic mass is 10.2. The van der Waals surface area contributed by atoms with Crippen molar-refractivity contribution in [3.05, 3.63) is 11.8 Å². The minimum Gasteiger partial charge on any atom is -0.402 e. The number of ketones is 1. The minimum atomic E-state index is -0.00231. The van der Waals surface area contributed by atoms with E-state index >= 15 is 0 Å². The Morgan fingerprint density at radius 3 is 2.56 bits per heavy atom. The third kappa shape index (κ3) is 5.03. The Labute approximate surface area is 54.7 Å². The van der Waals surface area contributed by atoms with Gasteiger partial charge in [-0.05, 0) is 19.5 Å². The van der Waals surface area contributed by atoms with Gasteiger partial charge in [0.25, 0.3) is 0 Å². The van der Waals surface area contributed by atoms with E-state index in [1.54, 1.807) is 6.92 Å². The van der Waals surface area contributed by atoms with E-state index in [9.17, 15) is 4.79 Å². The summed E-state index contributed by atoms with van der Waals surface area (Å²) in [4.78, 5) is 10.6. The molecular formula is C6H12N2O. The van der Waals surface area contributed by atoms with Gasteiger partial charge in [-0.15, -0.1) is 0 Å². The molecule has 0 atom stereocenters. The number of rotatable bonds is 3. The SMILES string of the molecule is C/C(N)=C/C(=O)CCN. The maximum Gasteiger partial charge on any atom is 0.158 e. The topological polar surface area (TPSA) is 69.1 Å². The highest BCUT2D eigenvalue weighted by molar-refractivity contribution is 5.90. The van der Waals surface area contributed by atoms with Crippen molar-refractivity contribution in [3.63, 3.8) is 0 Å². The molecule has 0 bridgehead atoms. The molecule has 0 aromatic heterocycles. The summed E-state index contributed by atoms with van der Waals surface area (Å²) in [7, 11) is 0. The molecule has 0 saturated heterocycles. The quantitative estimate of drug-likeness (QED) is 0.516. The number of hydrogen-bond acceptors (Lipinski definition) is 3. The molecule has 0 rings (SSSR count). The van der Waals surface area contributed by atoms with Gasteiger partial charge in [0.1, 0.15) is 0 Å². The van der Waals surface area contributed by atoms with E-state index in [4.69, 9.17) is 11.5 Å². The van der Waals surface area contributed by atoms with Gasteiger partial charge in [0, 0.05) is 12.1 Å². The van der Waals surface area contributed by atoms with Crippen molar-refractivity contribution in [1.82, 2.24) is 0 Å². The van der Waals surface area contributed by atoms with Gasteiger partial charge in [-0.2, -0.15) is 0 Å². The Bertz CT molecular complexity index is 125.